The van der Waals surface area contributed by atoms with E-state index in [1.54, 1.807) is 0 Å². The van der Waals surface area contributed by atoms with Crippen LogP contribution in [0.4, 0.5) is 0 Å². The van der Waals surface area contributed by atoms with Crippen LogP contribution in [0.2, 0.25) is 0 Å². The average molecular weight is 284 g/mol. The van der Waals surface area contributed by atoms with Crippen LogP contribution in [0.15, 0.2) is 0 Å². The summed E-state index contributed by atoms with van der Waals surface area (Å²) in [4.78, 5) is 11.9. The zero-order valence-corrected chi connectivity index (χ0v) is 14.7. The first-order valence-electron chi connectivity index (χ1n) is 8.35. The minimum Gasteiger partial charge on any atom is -0.390 e. The number of ketones is 1. The molecule has 0 bridgehead atoms. The van der Waals surface area contributed by atoms with E-state index in [4.69, 9.17) is 0 Å². The lowest BCUT2D eigenvalue weighted by molar-refractivity contribution is -0.120. The molecule has 2 unspecified atom stereocenters. The number of unbranched alkanes of at least 4 members (excludes halogenated alkanes) is 1. The molecule has 2 heteroatoms. The summed E-state index contributed by atoms with van der Waals surface area (Å²) in [5.41, 5.74) is -0.685. The minimum atomic E-state index is -0.685. The Labute approximate surface area is 126 Å². The maximum absolute atomic E-state index is 11.9. The molecule has 20 heavy (non-hydrogen) atoms. The molecule has 0 aromatic heterocycles. The van der Waals surface area contributed by atoms with Gasteiger partial charge in [-0.1, -0.05) is 41.0 Å². The van der Waals surface area contributed by atoms with Crippen LogP contribution in [0, 0.1) is 23.7 Å². The van der Waals surface area contributed by atoms with E-state index in [9.17, 15) is 9.90 Å². The quantitative estimate of drug-likeness (QED) is 0.623. The van der Waals surface area contributed by atoms with E-state index in [-0.39, 0.29) is 5.92 Å². The third-order valence-corrected chi connectivity index (χ3v) is 4.42. The molecule has 0 aliphatic carbocycles. The Morgan fingerprint density at radius 2 is 1.60 bits per heavy atom. The summed E-state index contributed by atoms with van der Waals surface area (Å²) < 4.78 is 0. The van der Waals surface area contributed by atoms with Gasteiger partial charge in [-0.15, -0.1) is 0 Å². The summed E-state index contributed by atoms with van der Waals surface area (Å²) in [6.45, 7) is 14.7. The summed E-state index contributed by atoms with van der Waals surface area (Å²) in [5.74, 6) is 1.94. The Balaban J connectivity index is 4.74. The van der Waals surface area contributed by atoms with Crippen LogP contribution < -0.4 is 0 Å². The lowest BCUT2D eigenvalue weighted by Crippen LogP contribution is -2.41. The first kappa shape index (κ1) is 19.6. The van der Waals surface area contributed by atoms with Gasteiger partial charge in [0.25, 0.3) is 0 Å². The van der Waals surface area contributed by atoms with E-state index in [1.165, 1.54) is 0 Å². The van der Waals surface area contributed by atoms with Crippen molar-refractivity contribution in [2.75, 3.05) is 0 Å². The zero-order valence-electron chi connectivity index (χ0n) is 14.7. The zero-order chi connectivity index (χ0) is 15.9. The number of aliphatic hydroxyl groups is 1. The van der Waals surface area contributed by atoms with Gasteiger partial charge < -0.3 is 5.11 Å². The molecule has 1 N–H and O–H groups in total. The first-order valence-corrected chi connectivity index (χ1v) is 8.35. The van der Waals surface area contributed by atoms with Crippen molar-refractivity contribution in [2.45, 2.75) is 86.2 Å². The highest BCUT2D eigenvalue weighted by molar-refractivity contribution is 5.78. The highest BCUT2D eigenvalue weighted by Gasteiger charge is 2.37. The van der Waals surface area contributed by atoms with Gasteiger partial charge in [0.05, 0.1) is 5.60 Å². The predicted molar refractivity (Wildman–Crippen MR) is 86.7 cm³/mol. The molecule has 2 nitrogen and oxygen atoms in total. The molecule has 0 aliphatic heterocycles. The summed E-state index contributed by atoms with van der Waals surface area (Å²) in [7, 11) is 0. The molecule has 0 aliphatic rings. The molecule has 0 amide bonds. The Morgan fingerprint density at radius 3 is 1.95 bits per heavy atom. The molecule has 0 aromatic rings. The van der Waals surface area contributed by atoms with Gasteiger partial charge in [0.1, 0.15) is 5.78 Å². The van der Waals surface area contributed by atoms with Crippen molar-refractivity contribution in [3.63, 3.8) is 0 Å². The molecule has 0 radical (unpaired) electrons. The van der Waals surface area contributed by atoms with Crippen LogP contribution in [0.1, 0.15) is 80.6 Å². The smallest absolute Gasteiger partial charge is 0.132 e. The lowest BCUT2D eigenvalue weighted by atomic mass is 9.67. The summed E-state index contributed by atoms with van der Waals surface area (Å²) in [5, 5.41) is 10.5. The van der Waals surface area contributed by atoms with Gasteiger partial charge >= 0.3 is 0 Å². The summed E-state index contributed by atoms with van der Waals surface area (Å²) in [6, 6.07) is 0. The molecule has 0 aromatic carbocycles. The number of carbonyl (C=O) groups excluding carboxylic acids is 1. The Hall–Kier alpha value is -0.370. The van der Waals surface area contributed by atoms with Crippen LogP contribution in [0.25, 0.3) is 0 Å². The number of rotatable bonds is 10. The topological polar surface area (TPSA) is 37.3 Å². The summed E-state index contributed by atoms with van der Waals surface area (Å²) in [6.07, 6.45) is 4.38. The van der Waals surface area contributed by atoms with Crippen LogP contribution in [-0.4, -0.2) is 16.5 Å². The first-order chi connectivity index (χ1) is 9.11. The van der Waals surface area contributed by atoms with Gasteiger partial charge in [-0.25, -0.2) is 0 Å². The Kier molecular flexibility index (Phi) is 8.65. The average Bonchev–Trinajstić information content (AvgIpc) is 2.28. The van der Waals surface area contributed by atoms with Crippen molar-refractivity contribution < 1.29 is 9.90 Å². The third-order valence-electron chi connectivity index (χ3n) is 4.42. The van der Waals surface area contributed by atoms with E-state index in [0.29, 0.717) is 30.0 Å². The maximum Gasteiger partial charge on any atom is 0.132 e. The van der Waals surface area contributed by atoms with Crippen LogP contribution >= 0.6 is 0 Å². The molecule has 0 saturated heterocycles. The highest BCUT2D eigenvalue weighted by atomic mass is 16.3. The molecule has 120 valence electrons. The second-order valence-corrected chi connectivity index (χ2v) is 7.51. The number of Topliss-reactive ketones (excluding diaryl/α,β-unsaturated/α-hetero) is 1. The minimum absolute atomic E-state index is 0.237. The number of hydrogen-bond acceptors (Lipinski definition) is 2. The second kappa shape index (κ2) is 8.81. The van der Waals surface area contributed by atoms with Crippen LogP contribution in [0.3, 0.4) is 0 Å². The number of carbonyl (C=O) groups is 1. The van der Waals surface area contributed by atoms with Gasteiger partial charge in [0.15, 0.2) is 0 Å². The van der Waals surface area contributed by atoms with Crippen molar-refractivity contribution >= 4 is 5.78 Å². The highest BCUT2D eigenvalue weighted by Crippen LogP contribution is 2.38. The molecule has 0 rings (SSSR count). The van der Waals surface area contributed by atoms with Crippen molar-refractivity contribution in [3.8, 4) is 0 Å². The monoisotopic (exact) mass is 284 g/mol. The van der Waals surface area contributed by atoms with Gasteiger partial charge in [-0.05, 0) is 50.4 Å². The van der Waals surface area contributed by atoms with Crippen molar-refractivity contribution in [2.24, 2.45) is 23.7 Å². The SMILES string of the molecule is CCCCC(=O)CCC(C(C)C)C(C(C)C)C(C)(C)O. The fourth-order valence-electron chi connectivity index (χ4n) is 3.59. The largest absolute Gasteiger partial charge is 0.390 e. The molecular weight excluding hydrogens is 248 g/mol. The Morgan fingerprint density at radius 1 is 1.05 bits per heavy atom. The molecule has 0 spiro atoms. The predicted octanol–water partition coefficient (Wildman–Crippen LogP) is 4.84. The molecule has 0 fully saturated rings. The molecule has 0 saturated carbocycles. The van der Waals surface area contributed by atoms with E-state index >= 15 is 0 Å². The molecule has 0 heterocycles. The molecule has 2 atom stereocenters. The van der Waals surface area contributed by atoms with Gasteiger partial charge in [0, 0.05) is 12.8 Å². The van der Waals surface area contributed by atoms with Crippen molar-refractivity contribution in [1.82, 2.24) is 0 Å². The fraction of sp³-hybridized carbons (Fsp3) is 0.944. The second-order valence-electron chi connectivity index (χ2n) is 7.51. The normalized spacial score (nSPS) is 15.7. The van der Waals surface area contributed by atoms with E-state index in [1.807, 2.05) is 13.8 Å². The fourth-order valence-corrected chi connectivity index (χ4v) is 3.59. The van der Waals surface area contributed by atoms with Gasteiger partial charge in [-0.3, -0.25) is 4.79 Å². The van der Waals surface area contributed by atoms with Crippen molar-refractivity contribution in [1.29, 1.82) is 0 Å². The van der Waals surface area contributed by atoms with Gasteiger partial charge in [0.2, 0.25) is 0 Å². The van der Waals surface area contributed by atoms with Gasteiger partial charge in [-0.2, -0.15) is 0 Å². The van der Waals surface area contributed by atoms with E-state index < -0.39 is 5.60 Å². The maximum atomic E-state index is 11.9. The number of hydrogen-bond donors (Lipinski definition) is 1. The standard InChI is InChI=1S/C18H36O2/c1-8-9-10-15(19)11-12-16(13(2)3)17(14(4)5)18(6,7)20/h13-14,16-17,20H,8-12H2,1-7H3. The van der Waals surface area contributed by atoms with E-state index in [2.05, 4.69) is 34.6 Å². The lowest BCUT2D eigenvalue weighted by Gasteiger charge is -2.41. The van der Waals surface area contributed by atoms with Crippen LogP contribution in [-0.2, 0) is 4.79 Å². The summed E-state index contributed by atoms with van der Waals surface area (Å²) >= 11 is 0. The van der Waals surface area contributed by atoms with Crippen LogP contribution in [0.5, 0.6) is 0 Å². The Bertz CT molecular complexity index is 274. The van der Waals surface area contributed by atoms with Crippen molar-refractivity contribution in [3.05, 3.63) is 0 Å². The molecular formula is C18H36O2. The third kappa shape index (κ3) is 6.88. The van der Waals surface area contributed by atoms with E-state index in [0.717, 1.165) is 25.7 Å².